The Morgan fingerprint density at radius 2 is 1.59 bits per heavy atom. The molecule has 0 radical (unpaired) electrons. The van der Waals surface area contributed by atoms with E-state index in [1.165, 1.54) is 31.4 Å². The lowest BCUT2D eigenvalue weighted by atomic mass is 10.1. The molecule has 4 aromatic rings. The Hall–Kier alpha value is -4.31. The van der Waals surface area contributed by atoms with E-state index in [1.807, 2.05) is 6.07 Å². The van der Waals surface area contributed by atoms with E-state index in [0.717, 1.165) is 35.8 Å². The average molecular weight is 521 g/mol. The number of ether oxygens (including phenoxy) is 2. The predicted molar refractivity (Wildman–Crippen MR) is 139 cm³/mol. The van der Waals surface area contributed by atoms with E-state index in [9.17, 15) is 18.0 Å². The number of carbonyl (C=O) groups excluding carboxylic acids is 1. The second-order valence-corrected chi connectivity index (χ2v) is 10.2. The van der Waals surface area contributed by atoms with E-state index in [-0.39, 0.29) is 17.1 Å². The van der Waals surface area contributed by atoms with E-state index in [0.29, 0.717) is 28.5 Å². The number of aryl methyl sites for hydroxylation is 1. The molecule has 37 heavy (non-hydrogen) atoms. The zero-order chi connectivity index (χ0) is 26.0. The molecule has 0 saturated heterocycles. The Morgan fingerprint density at radius 1 is 0.919 bits per heavy atom. The number of rotatable bonds is 8. The summed E-state index contributed by atoms with van der Waals surface area (Å²) in [5.41, 5.74) is 2.70. The molecular weight excluding hydrogens is 496 g/mol. The van der Waals surface area contributed by atoms with Crippen LogP contribution in [0.15, 0.2) is 80.8 Å². The molecule has 5 rings (SSSR count). The van der Waals surface area contributed by atoms with Crippen molar-refractivity contribution in [3.05, 3.63) is 88.3 Å². The van der Waals surface area contributed by atoms with E-state index in [4.69, 9.17) is 13.9 Å². The Morgan fingerprint density at radius 3 is 2.32 bits per heavy atom. The second-order valence-electron chi connectivity index (χ2n) is 8.55. The van der Waals surface area contributed by atoms with Crippen molar-refractivity contribution in [3.63, 3.8) is 0 Å². The Balaban J connectivity index is 1.19. The van der Waals surface area contributed by atoms with Gasteiger partial charge in [-0.25, -0.2) is 13.2 Å². The van der Waals surface area contributed by atoms with Crippen LogP contribution in [0.3, 0.4) is 0 Å². The van der Waals surface area contributed by atoms with Crippen molar-refractivity contribution < 1.29 is 27.1 Å². The molecule has 0 fully saturated rings. The fourth-order valence-electron chi connectivity index (χ4n) is 4.29. The molecule has 0 saturated carbocycles. The fourth-order valence-corrected chi connectivity index (χ4v) is 5.35. The predicted octanol–water partition coefficient (Wildman–Crippen LogP) is 4.11. The van der Waals surface area contributed by atoms with Crippen LogP contribution in [0.25, 0.3) is 11.0 Å². The lowest BCUT2D eigenvalue weighted by molar-refractivity contribution is -0.118. The van der Waals surface area contributed by atoms with Crippen LogP contribution in [0.5, 0.6) is 11.5 Å². The SMILES string of the molecule is COc1ccc(NS(=O)(=O)c2ccc(NC(=O)COc3ccc4c5c(c(=O)oc4c3)CCC5)cc2)cc1. The smallest absolute Gasteiger partial charge is 0.339 e. The first-order valence-corrected chi connectivity index (χ1v) is 13.1. The molecule has 10 heteroatoms. The van der Waals surface area contributed by atoms with Crippen LogP contribution in [0.4, 0.5) is 11.4 Å². The van der Waals surface area contributed by atoms with Crippen LogP contribution in [0.1, 0.15) is 17.5 Å². The van der Waals surface area contributed by atoms with Gasteiger partial charge in [0.15, 0.2) is 6.61 Å². The molecule has 1 aromatic heterocycles. The number of nitrogens with one attached hydrogen (secondary N) is 2. The molecule has 190 valence electrons. The minimum atomic E-state index is -3.81. The minimum Gasteiger partial charge on any atom is -0.497 e. The maximum absolute atomic E-state index is 12.6. The standard InChI is InChI=1S/C27H24N2O7S/c1-34-19-9-5-18(6-10-19)29-37(32,33)21-12-7-17(8-13-21)28-26(30)16-35-20-11-14-23-22-3-2-4-24(22)27(31)36-25(23)15-20/h5-15,29H,2-4,16H2,1H3,(H,28,30). The highest BCUT2D eigenvalue weighted by atomic mass is 32.2. The van der Waals surface area contributed by atoms with Gasteiger partial charge < -0.3 is 19.2 Å². The van der Waals surface area contributed by atoms with Gasteiger partial charge in [0.25, 0.3) is 15.9 Å². The monoisotopic (exact) mass is 520 g/mol. The van der Waals surface area contributed by atoms with E-state index >= 15 is 0 Å². The molecule has 0 aliphatic heterocycles. The molecule has 0 bridgehead atoms. The first kappa shape index (κ1) is 24.4. The number of fused-ring (bicyclic) bond motifs is 3. The molecule has 0 spiro atoms. The highest BCUT2D eigenvalue weighted by Gasteiger charge is 2.20. The van der Waals surface area contributed by atoms with Gasteiger partial charge in [-0.15, -0.1) is 0 Å². The summed E-state index contributed by atoms with van der Waals surface area (Å²) < 4.78 is 43.9. The summed E-state index contributed by atoms with van der Waals surface area (Å²) in [7, 11) is -2.28. The summed E-state index contributed by atoms with van der Waals surface area (Å²) in [6.07, 6.45) is 2.51. The van der Waals surface area contributed by atoms with Crippen LogP contribution in [0.2, 0.25) is 0 Å². The summed E-state index contributed by atoms with van der Waals surface area (Å²) in [5, 5.41) is 3.56. The van der Waals surface area contributed by atoms with Gasteiger partial charge in [-0.2, -0.15) is 0 Å². The van der Waals surface area contributed by atoms with Crippen molar-refractivity contribution in [2.75, 3.05) is 23.8 Å². The molecule has 2 N–H and O–H groups in total. The average Bonchev–Trinajstić information content (AvgIpc) is 3.39. The van der Waals surface area contributed by atoms with Gasteiger partial charge in [-0.05, 0) is 85.5 Å². The van der Waals surface area contributed by atoms with Crippen molar-refractivity contribution in [1.29, 1.82) is 0 Å². The summed E-state index contributed by atoms with van der Waals surface area (Å²) in [6.45, 7) is -0.278. The number of hydrogen-bond acceptors (Lipinski definition) is 7. The molecule has 0 atom stereocenters. The van der Waals surface area contributed by atoms with Crippen molar-refractivity contribution in [3.8, 4) is 11.5 Å². The van der Waals surface area contributed by atoms with Gasteiger partial charge in [0.05, 0.1) is 12.0 Å². The van der Waals surface area contributed by atoms with Crippen molar-refractivity contribution in [2.45, 2.75) is 24.2 Å². The zero-order valence-electron chi connectivity index (χ0n) is 19.9. The Bertz CT molecular complexity index is 1630. The van der Waals surface area contributed by atoms with Gasteiger partial charge in [0, 0.05) is 28.4 Å². The molecule has 3 aromatic carbocycles. The third-order valence-electron chi connectivity index (χ3n) is 6.11. The van der Waals surface area contributed by atoms with Crippen molar-refractivity contribution in [2.24, 2.45) is 0 Å². The molecule has 9 nitrogen and oxygen atoms in total. The van der Waals surface area contributed by atoms with Crippen molar-refractivity contribution in [1.82, 2.24) is 0 Å². The van der Waals surface area contributed by atoms with E-state index in [2.05, 4.69) is 10.0 Å². The van der Waals surface area contributed by atoms with Gasteiger partial charge in [-0.1, -0.05) is 0 Å². The van der Waals surface area contributed by atoms with Crippen LogP contribution in [-0.2, 0) is 27.7 Å². The zero-order valence-corrected chi connectivity index (χ0v) is 20.8. The number of anilines is 2. The fraction of sp³-hybridized carbons (Fsp3) is 0.185. The normalized spacial score (nSPS) is 12.7. The second kappa shape index (κ2) is 9.98. The number of amides is 1. The molecule has 0 unspecified atom stereocenters. The number of sulfonamides is 1. The summed E-state index contributed by atoms with van der Waals surface area (Å²) in [4.78, 5) is 24.6. The maximum Gasteiger partial charge on any atom is 0.339 e. The molecule has 1 aliphatic carbocycles. The number of carbonyl (C=O) groups is 1. The van der Waals surface area contributed by atoms with Crippen LogP contribution in [0, 0.1) is 0 Å². The first-order valence-electron chi connectivity index (χ1n) is 11.6. The van der Waals surface area contributed by atoms with E-state index < -0.39 is 15.9 Å². The largest absolute Gasteiger partial charge is 0.497 e. The minimum absolute atomic E-state index is 0.0432. The van der Waals surface area contributed by atoms with Gasteiger partial charge in [0.1, 0.15) is 17.1 Å². The van der Waals surface area contributed by atoms with Gasteiger partial charge >= 0.3 is 5.63 Å². The molecular formula is C27H24N2O7S. The van der Waals surface area contributed by atoms with E-state index in [1.54, 1.807) is 36.4 Å². The number of methoxy groups -OCH3 is 1. The molecule has 1 aliphatic rings. The third kappa shape index (κ3) is 5.29. The topological polar surface area (TPSA) is 124 Å². The Labute approximate surface area is 213 Å². The maximum atomic E-state index is 12.6. The summed E-state index contributed by atoms with van der Waals surface area (Å²) in [6, 6.07) is 17.5. The summed E-state index contributed by atoms with van der Waals surface area (Å²) >= 11 is 0. The first-order chi connectivity index (χ1) is 17.8. The van der Waals surface area contributed by atoms with Gasteiger partial charge in [-0.3, -0.25) is 9.52 Å². The van der Waals surface area contributed by atoms with Crippen LogP contribution >= 0.6 is 0 Å². The van der Waals surface area contributed by atoms with Crippen molar-refractivity contribution >= 4 is 38.3 Å². The third-order valence-corrected chi connectivity index (χ3v) is 7.50. The van der Waals surface area contributed by atoms with Crippen LogP contribution in [-0.4, -0.2) is 28.0 Å². The lowest BCUT2D eigenvalue weighted by Gasteiger charge is -2.11. The molecule has 1 amide bonds. The van der Waals surface area contributed by atoms with Crippen LogP contribution < -0.4 is 25.1 Å². The number of benzene rings is 3. The summed E-state index contributed by atoms with van der Waals surface area (Å²) in [5.74, 6) is 0.583. The number of hydrogen-bond donors (Lipinski definition) is 2. The highest BCUT2D eigenvalue weighted by Crippen LogP contribution is 2.29. The Kier molecular flexibility index (Phi) is 6.58. The highest BCUT2D eigenvalue weighted by molar-refractivity contribution is 7.92. The quantitative estimate of drug-likeness (QED) is 0.335. The van der Waals surface area contributed by atoms with Gasteiger partial charge in [0.2, 0.25) is 0 Å². The lowest BCUT2D eigenvalue weighted by Crippen LogP contribution is -2.20. The molecule has 1 heterocycles.